The molecule has 24 heavy (non-hydrogen) atoms. The minimum Gasteiger partial charge on any atom is -0.424 e. The molecule has 2 aromatic rings. The largest absolute Gasteiger partial charge is 0.492 e. The number of carbonyl (C=O) groups excluding carboxylic acids is 1. The summed E-state index contributed by atoms with van der Waals surface area (Å²) >= 11 is 0. The number of amides is 2. The molecule has 3 rings (SSSR count). The van der Waals surface area contributed by atoms with Gasteiger partial charge in [0.15, 0.2) is 11.5 Å². The van der Waals surface area contributed by atoms with Crippen LogP contribution in [0.2, 0.25) is 0 Å². The Kier molecular flexibility index (Phi) is 3.75. The van der Waals surface area contributed by atoms with E-state index >= 15 is 0 Å². The van der Waals surface area contributed by atoms with Crippen LogP contribution in [-0.2, 0) is 0 Å². The first kappa shape index (κ1) is 16.0. The summed E-state index contributed by atoms with van der Waals surface area (Å²) in [4.78, 5) is 12.0. The summed E-state index contributed by atoms with van der Waals surface area (Å²) in [5.41, 5.74) is 1.29. The van der Waals surface area contributed by atoms with Crippen molar-refractivity contribution in [1.82, 2.24) is 5.32 Å². The Morgan fingerprint density at radius 3 is 2.04 bits per heavy atom. The number of hydrogen-bond acceptors (Lipinski definition) is 3. The number of halogens is 3. The molecule has 2 N–H and O–H groups in total. The minimum atomic E-state index is -4.99. The van der Waals surface area contributed by atoms with E-state index in [2.05, 4.69) is 5.32 Å². The molecule has 8 heteroatoms. The predicted octanol–water partition coefficient (Wildman–Crippen LogP) is 3.80. The minimum absolute atomic E-state index is 0.106. The van der Waals surface area contributed by atoms with Crippen LogP contribution in [0.3, 0.4) is 0 Å². The van der Waals surface area contributed by atoms with Gasteiger partial charge in [-0.2, -0.15) is 13.2 Å². The molecule has 0 saturated carbocycles. The van der Waals surface area contributed by atoms with Crippen LogP contribution in [0.15, 0.2) is 48.5 Å². The van der Waals surface area contributed by atoms with Crippen molar-refractivity contribution in [1.29, 1.82) is 0 Å². The summed E-state index contributed by atoms with van der Waals surface area (Å²) in [5, 5.41) is 4.03. The van der Waals surface area contributed by atoms with Gasteiger partial charge in [0, 0.05) is 5.69 Å². The van der Waals surface area contributed by atoms with Crippen LogP contribution >= 0.6 is 0 Å². The van der Waals surface area contributed by atoms with E-state index in [0.29, 0.717) is 5.69 Å². The van der Waals surface area contributed by atoms with Crippen LogP contribution in [0.25, 0.3) is 0 Å². The molecule has 1 aliphatic rings. The van der Waals surface area contributed by atoms with Crippen LogP contribution in [0.1, 0.15) is 5.56 Å². The standard InChI is InChI=1S/C16H13F3N2O3/c1-10-6-8-11(9-7-10)20-14(22)21-16(15(17,18)19)23-12-4-2-3-5-13(12)24-16/h2-9H,1H3,(H2,20,21,22). The summed E-state index contributed by atoms with van der Waals surface area (Å²) in [5.74, 6) is -3.48. The second-order valence-corrected chi connectivity index (χ2v) is 5.21. The van der Waals surface area contributed by atoms with E-state index in [1.54, 1.807) is 29.6 Å². The Morgan fingerprint density at radius 1 is 1.00 bits per heavy atom. The normalized spacial score (nSPS) is 15.0. The average molecular weight is 338 g/mol. The predicted molar refractivity (Wildman–Crippen MR) is 79.8 cm³/mol. The van der Waals surface area contributed by atoms with E-state index in [-0.39, 0.29) is 11.5 Å². The number of fused-ring (bicyclic) bond motifs is 1. The second kappa shape index (κ2) is 5.63. The quantitative estimate of drug-likeness (QED) is 0.875. The van der Waals surface area contributed by atoms with Gasteiger partial charge in [0.2, 0.25) is 0 Å². The van der Waals surface area contributed by atoms with E-state index < -0.39 is 18.1 Å². The van der Waals surface area contributed by atoms with Gasteiger partial charge < -0.3 is 14.8 Å². The third kappa shape index (κ3) is 2.94. The van der Waals surface area contributed by atoms with E-state index in [4.69, 9.17) is 9.47 Å². The molecule has 2 amide bonds. The van der Waals surface area contributed by atoms with Crippen molar-refractivity contribution in [3.63, 3.8) is 0 Å². The van der Waals surface area contributed by atoms with E-state index in [9.17, 15) is 18.0 Å². The van der Waals surface area contributed by atoms with E-state index in [1.807, 2.05) is 6.92 Å². The molecular weight excluding hydrogens is 325 g/mol. The number of carbonyl (C=O) groups is 1. The highest BCUT2D eigenvalue weighted by molar-refractivity contribution is 5.89. The fraction of sp³-hybridized carbons (Fsp3) is 0.188. The summed E-state index contributed by atoms with van der Waals surface area (Å²) in [7, 11) is 0. The topological polar surface area (TPSA) is 59.6 Å². The molecule has 0 spiro atoms. The summed E-state index contributed by atoms with van der Waals surface area (Å²) in [6.45, 7) is 1.85. The Hall–Kier alpha value is -2.90. The molecule has 1 aliphatic heterocycles. The lowest BCUT2D eigenvalue weighted by Crippen LogP contribution is -2.65. The van der Waals surface area contributed by atoms with Crippen molar-refractivity contribution in [2.24, 2.45) is 0 Å². The summed E-state index contributed by atoms with van der Waals surface area (Å²) < 4.78 is 50.1. The zero-order chi connectivity index (χ0) is 17.4. The number of nitrogens with one attached hydrogen (secondary N) is 2. The molecule has 0 saturated heterocycles. The highest BCUT2D eigenvalue weighted by Gasteiger charge is 2.65. The number of anilines is 1. The number of alkyl halides is 3. The first-order valence-corrected chi connectivity index (χ1v) is 6.99. The molecule has 0 aromatic heterocycles. The highest BCUT2D eigenvalue weighted by atomic mass is 19.4. The lowest BCUT2D eigenvalue weighted by atomic mass is 10.2. The van der Waals surface area contributed by atoms with Gasteiger partial charge in [0.1, 0.15) is 0 Å². The Balaban J connectivity index is 1.79. The zero-order valence-corrected chi connectivity index (χ0v) is 12.5. The first-order chi connectivity index (χ1) is 11.3. The Morgan fingerprint density at radius 2 is 1.54 bits per heavy atom. The van der Waals surface area contributed by atoms with Gasteiger partial charge in [-0.15, -0.1) is 0 Å². The maximum absolute atomic E-state index is 13.4. The number of rotatable bonds is 2. The van der Waals surface area contributed by atoms with Gasteiger partial charge in [-0.1, -0.05) is 29.8 Å². The van der Waals surface area contributed by atoms with Crippen LogP contribution in [0.4, 0.5) is 23.7 Å². The molecule has 0 bridgehead atoms. The maximum atomic E-state index is 13.4. The number of ether oxygens (including phenoxy) is 2. The van der Waals surface area contributed by atoms with Crippen LogP contribution < -0.4 is 20.1 Å². The van der Waals surface area contributed by atoms with Gasteiger partial charge in [0.05, 0.1) is 0 Å². The third-order valence-corrected chi connectivity index (χ3v) is 3.32. The monoisotopic (exact) mass is 338 g/mol. The molecular formula is C16H13F3N2O3. The molecule has 0 fully saturated rings. The van der Waals surface area contributed by atoms with Gasteiger partial charge >= 0.3 is 18.1 Å². The zero-order valence-electron chi connectivity index (χ0n) is 12.5. The van der Waals surface area contributed by atoms with Crippen molar-refractivity contribution in [3.05, 3.63) is 54.1 Å². The molecule has 1 heterocycles. The lowest BCUT2D eigenvalue weighted by molar-refractivity contribution is -0.317. The van der Waals surface area contributed by atoms with Crippen LogP contribution in [0.5, 0.6) is 11.5 Å². The SMILES string of the molecule is Cc1ccc(NC(=O)NC2(C(F)(F)F)Oc3ccccc3O2)cc1. The van der Waals surface area contributed by atoms with Gasteiger partial charge in [0.25, 0.3) is 0 Å². The maximum Gasteiger partial charge on any atom is 0.492 e. The first-order valence-electron chi connectivity index (χ1n) is 6.99. The summed E-state index contributed by atoms with van der Waals surface area (Å²) in [6.07, 6.45) is -4.99. The van der Waals surface area contributed by atoms with Crippen molar-refractivity contribution in [2.45, 2.75) is 19.0 Å². The molecule has 0 unspecified atom stereocenters. The summed E-state index contributed by atoms with van der Waals surface area (Å²) in [6, 6.07) is 11.1. The van der Waals surface area contributed by atoms with Gasteiger partial charge in [-0.25, -0.2) is 4.79 Å². The van der Waals surface area contributed by atoms with Crippen molar-refractivity contribution < 1.29 is 27.4 Å². The number of hydrogen-bond donors (Lipinski definition) is 2. The molecule has 5 nitrogen and oxygen atoms in total. The average Bonchev–Trinajstić information content (AvgIpc) is 2.88. The van der Waals surface area contributed by atoms with Crippen molar-refractivity contribution >= 4 is 11.7 Å². The third-order valence-electron chi connectivity index (χ3n) is 3.32. The Bertz CT molecular complexity index is 735. The number of para-hydroxylation sites is 2. The molecule has 2 aromatic carbocycles. The Labute approximate surface area is 135 Å². The van der Waals surface area contributed by atoms with Crippen molar-refractivity contribution in [3.8, 4) is 11.5 Å². The molecule has 0 atom stereocenters. The van der Waals surface area contributed by atoms with Gasteiger partial charge in [-0.3, -0.25) is 5.32 Å². The molecule has 126 valence electrons. The fourth-order valence-electron chi connectivity index (χ4n) is 2.14. The van der Waals surface area contributed by atoms with E-state index in [1.165, 1.54) is 24.3 Å². The van der Waals surface area contributed by atoms with Gasteiger partial charge in [-0.05, 0) is 31.2 Å². The van der Waals surface area contributed by atoms with Crippen LogP contribution in [0, 0.1) is 6.92 Å². The van der Waals surface area contributed by atoms with E-state index in [0.717, 1.165) is 5.56 Å². The number of urea groups is 1. The smallest absolute Gasteiger partial charge is 0.424 e. The van der Waals surface area contributed by atoms with Crippen molar-refractivity contribution in [2.75, 3.05) is 5.32 Å². The molecule has 0 aliphatic carbocycles. The highest BCUT2D eigenvalue weighted by Crippen LogP contribution is 2.44. The second-order valence-electron chi connectivity index (χ2n) is 5.21. The van der Waals surface area contributed by atoms with Crippen LogP contribution in [-0.4, -0.2) is 18.1 Å². The fourth-order valence-corrected chi connectivity index (χ4v) is 2.14. The lowest BCUT2D eigenvalue weighted by Gasteiger charge is -2.29. The number of aryl methyl sites for hydroxylation is 1. The number of benzene rings is 2. The molecule has 0 radical (unpaired) electrons.